The topological polar surface area (TPSA) is 79.7 Å². The van der Waals surface area contributed by atoms with Crippen molar-refractivity contribution in [3.63, 3.8) is 0 Å². The van der Waals surface area contributed by atoms with Gasteiger partial charge in [-0.25, -0.2) is 4.79 Å². The van der Waals surface area contributed by atoms with Gasteiger partial charge in [-0.1, -0.05) is 0 Å². The van der Waals surface area contributed by atoms with Crippen LogP contribution in [0.1, 0.15) is 5.56 Å². The molecular weight excluding hydrogens is 236 g/mol. The number of aliphatic carboxylic acids is 1. The normalized spacial score (nSPS) is 10.1. The van der Waals surface area contributed by atoms with Gasteiger partial charge in [-0.3, -0.25) is 9.78 Å². The Kier molecular flexibility index (Phi) is 5.79. The maximum Gasteiger partial charge on any atom is 0.329 e. The number of carbonyl (C=O) groups excluding carboxylic acids is 1. The molecule has 1 aromatic rings. The highest BCUT2D eigenvalue weighted by molar-refractivity contribution is 5.77. The number of amides is 1. The van der Waals surface area contributed by atoms with E-state index in [0.717, 1.165) is 12.0 Å². The van der Waals surface area contributed by atoms with Crippen molar-refractivity contribution in [2.75, 3.05) is 26.8 Å². The van der Waals surface area contributed by atoms with Gasteiger partial charge in [0.05, 0.1) is 0 Å². The quantitative estimate of drug-likeness (QED) is 0.749. The molecule has 0 fully saturated rings. The lowest BCUT2D eigenvalue weighted by atomic mass is 10.2. The second-order valence-electron chi connectivity index (χ2n) is 3.81. The van der Waals surface area contributed by atoms with Gasteiger partial charge in [-0.2, -0.15) is 0 Å². The van der Waals surface area contributed by atoms with E-state index in [1.807, 2.05) is 12.1 Å². The maximum absolute atomic E-state index is 11.5. The number of nitrogens with zero attached hydrogens (tertiary/aromatic N) is 2. The molecule has 1 aromatic heterocycles. The van der Waals surface area contributed by atoms with Gasteiger partial charge in [0.25, 0.3) is 0 Å². The van der Waals surface area contributed by atoms with Crippen molar-refractivity contribution < 1.29 is 19.4 Å². The molecule has 0 saturated carbocycles. The number of hydrogen-bond acceptors (Lipinski definition) is 4. The van der Waals surface area contributed by atoms with E-state index in [4.69, 9.17) is 9.84 Å². The van der Waals surface area contributed by atoms with Gasteiger partial charge in [0, 0.05) is 26.0 Å². The summed E-state index contributed by atoms with van der Waals surface area (Å²) in [7, 11) is 1.66. The van der Waals surface area contributed by atoms with Crippen LogP contribution < -0.4 is 0 Å². The maximum atomic E-state index is 11.5. The van der Waals surface area contributed by atoms with Gasteiger partial charge in [0.15, 0.2) is 0 Å². The fraction of sp³-hybridized carbons (Fsp3) is 0.417. The average Bonchev–Trinajstić information content (AvgIpc) is 2.36. The third-order valence-electron chi connectivity index (χ3n) is 2.36. The van der Waals surface area contributed by atoms with Gasteiger partial charge in [-0.05, 0) is 24.1 Å². The second-order valence-corrected chi connectivity index (χ2v) is 3.81. The summed E-state index contributed by atoms with van der Waals surface area (Å²) >= 11 is 0. The number of rotatable bonds is 7. The van der Waals surface area contributed by atoms with Crippen molar-refractivity contribution in [2.24, 2.45) is 0 Å². The average molecular weight is 252 g/mol. The Morgan fingerprint density at radius 2 is 2.00 bits per heavy atom. The molecule has 0 aromatic carbocycles. The van der Waals surface area contributed by atoms with Crippen molar-refractivity contribution in [3.8, 4) is 0 Å². The zero-order valence-corrected chi connectivity index (χ0v) is 10.2. The van der Waals surface area contributed by atoms with E-state index in [9.17, 15) is 9.59 Å². The highest BCUT2D eigenvalue weighted by Gasteiger charge is 2.09. The number of hydrogen-bond donors (Lipinski definition) is 1. The van der Waals surface area contributed by atoms with Gasteiger partial charge >= 0.3 is 5.97 Å². The predicted molar refractivity (Wildman–Crippen MR) is 64.0 cm³/mol. The molecule has 6 nitrogen and oxygen atoms in total. The zero-order valence-electron chi connectivity index (χ0n) is 10.2. The number of aromatic nitrogens is 1. The monoisotopic (exact) mass is 252 g/mol. The predicted octanol–water partition coefficient (Wildman–Crippen LogP) is 0.184. The van der Waals surface area contributed by atoms with Crippen LogP contribution in [-0.2, 0) is 20.7 Å². The molecule has 1 amide bonds. The van der Waals surface area contributed by atoms with Gasteiger partial charge in [0.1, 0.15) is 13.2 Å². The van der Waals surface area contributed by atoms with Crippen molar-refractivity contribution in [2.45, 2.75) is 6.42 Å². The number of carboxylic acid groups (broad SMARTS) is 1. The van der Waals surface area contributed by atoms with E-state index in [2.05, 4.69) is 4.98 Å². The van der Waals surface area contributed by atoms with E-state index >= 15 is 0 Å². The molecule has 1 rings (SSSR count). The van der Waals surface area contributed by atoms with E-state index in [1.54, 1.807) is 19.4 Å². The number of carboxylic acids is 1. The largest absolute Gasteiger partial charge is 0.480 e. The molecule has 98 valence electrons. The molecular formula is C12H16N2O4. The molecule has 0 spiro atoms. The third kappa shape index (κ3) is 5.40. The van der Waals surface area contributed by atoms with Crippen LogP contribution >= 0.6 is 0 Å². The molecule has 1 N–H and O–H groups in total. The Hall–Kier alpha value is -1.95. The minimum absolute atomic E-state index is 0.209. The Bertz CT molecular complexity index is 394. The van der Waals surface area contributed by atoms with E-state index in [1.165, 1.54) is 4.90 Å². The standard InChI is InChI=1S/C12H16N2O4/c1-14(11(15)8-18-9-12(16)17)7-4-10-2-5-13-6-3-10/h2-3,5-6H,4,7-9H2,1H3,(H,16,17). The van der Waals surface area contributed by atoms with Crippen LogP contribution in [0.5, 0.6) is 0 Å². The Labute approximate surface area is 105 Å². The minimum Gasteiger partial charge on any atom is -0.480 e. The summed E-state index contributed by atoms with van der Waals surface area (Å²) < 4.78 is 4.73. The molecule has 6 heteroatoms. The van der Waals surface area contributed by atoms with E-state index in [0.29, 0.717) is 6.54 Å². The number of likely N-dealkylation sites (N-methyl/N-ethyl adjacent to an activating group) is 1. The third-order valence-corrected chi connectivity index (χ3v) is 2.36. The van der Waals surface area contributed by atoms with Gasteiger partial charge < -0.3 is 14.7 Å². The summed E-state index contributed by atoms with van der Waals surface area (Å²) in [5.41, 5.74) is 1.09. The zero-order chi connectivity index (χ0) is 13.4. The van der Waals surface area contributed by atoms with Crippen LogP contribution in [0.25, 0.3) is 0 Å². The highest BCUT2D eigenvalue weighted by Crippen LogP contribution is 1.99. The summed E-state index contributed by atoms with van der Waals surface area (Å²) in [5.74, 6) is -1.31. The van der Waals surface area contributed by atoms with Crippen molar-refractivity contribution >= 4 is 11.9 Å². The molecule has 0 unspecified atom stereocenters. The summed E-state index contributed by atoms with van der Waals surface area (Å²) in [5, 5.41) is 8.36. The second kappa shape index (κ2) is 7.39. The lowest BCUT2D eigenvalue weighted by Gasteiger charge is -2.16. The molecule has 0 aliphatic carbocycles. The van der Waals surface area contributed by atoms with Gasteiger partial charge in [0.2, 0.25) is 5.91 Å². The van der Waals surface area contributed by atoms with Crippen LogP contribution in [0, 0.1) is 0 Å². The first-order valence-electron chi connectivity index (χ1n) is 5.52. The lowest BCUT2D eigenvalue weighted by Crippen LogP contribution is -2.32. The summed E-state index contributed by atoms with van der Waals surface area (Å²) in [6, 6.07) is 3.78. The first-order valence-corrected chi connectivity index (χ1v) is 5.52. The molecule has 1 heterocycles. The number of carbonyl (C=O) groups is 2. The molecule has 0 radical (unpaired) electrons. The molecule has 18 heavy (non-hydrogen) atoms. The molecule has 0 atom stereocenters. The first-order chi connectivity index (χ1) is 8.59. The van der Waals surface area contributed by atoms with Crippen LogP contribution in [0.2, 0.25) is 0 Å². The van der Waals surface area contributed by atoms with E-state index < -0.39 is 12.6 Å². The smallest absolute Gasteiger partial charge is 0.329 e. The molecule has 0 aliphatic heterocycles. The Balaban J connectivity index is 2.25. The fourth-order valence-corrected chi connectivity index (χ4v) is 1.31. The van der Waals surface area contributed by atoms with Crippen LogP contribution in [0.15, 0.2) is 24.5 Å². The minimum atomic E-state index is -1.08. The Morgan fingerprint density at radius 1 is 1.33 bits per heavy atom. The van der Waals surface area contributed by atoms with Crippen LogP contribution in [0.3, 0.4) is 0 Å². The lowest BCUT2D eigenvalue weighted by molar-refractivity contribution is -0.145. The van der Waals surface area contributed by atoms with Crippen molar-refractivity contribution in [1.29, 1.82) is 0 Å². The fourth-order valence-electron chi connectivity index (χ4n) is 1.31. The summed E-state index contributed by atoms with van der Waals surface area (Å²) in [6.45, 7) is -0.109. The number of ether oxygens (including phenoxy) is 1. The highest BCUT2D eigenvalue weighted by atomic mass is 16.5. The molecule has 0 aliphatic rings. The molecule has 0 bridgehead atoms. The Morgan fingerprint density at radius 3 is 2.61 bits per heavy atom. The number of pyridine rings is 1. The van der Waals surface area contributed by atoms with Crippen molar-refractivity contribution in [1.82, 2.24) is 9.88 Å². The molecule has 0 saturated heterocycles. The first kappa shape index (κ1) is 14.1. The van der Waals surface area contributed by atoms with Gasteiger partial charge in [-0.15, -0.1) is 0 Å². The SMILES string of the molecule is CN(CCc1ccncc1)C(=O)COCC(=O)O. The summed E-state index contributed by atoms with van der Waals surface area (Å²) in [6.07, 6.45) is 4.13. The summed E-state index contributed by atoms with van der Waals surface area (Å²) in [4.78, 5) is 27.2. The van der Waals surface area contributed by atoms with Crippen molar-refractivity contribution in [3.05, 3.63) is 30.1 Å². The van der Waals surface area contributed by atoms with Crippen LogP contribution in [0.4, 0.5) is 0 Å². The van der Waals surface area contributed by atoms with E-state index in [-0.39, 0.29) is 12.5 Å². The van der Waals surface area contributed by atoms with Crippen LogP contribution in [-0.4, -0.2) is 53.7 Å².